The van der Waals surface area contributed by atoms with Crippen molar-refractivity contribution >= 4 is 10.8 Å². The van der Waals surface area contributed by atoms with Crippen LogP contribution in [-0.4, -0.2) is 18.3 Å². The molecule has 0 aromatic heterocycles. The lowest BCUT2D eigenvalue weighted by molar-refractivity contribution is 0.198. The minimum atomic E-state index is 0.112. The van der Waals surface area contributed by atoms with Gasteiger partial charge in [0.05, 0.1) is 6.61 Å². The van der Waals surface area contributed by atoms with E-state index >= 15 is 0 Å². The maximum atomic E-state index is 9.04. The predicted molar refractivity (Wildman–Crippen MR) is 69.9 cm³/mol. The van der Waals surface area contributed by atoms with Crippen molar-refractivity contribution in [2.45, 2.75) is 19.4 Å². The van der Waals surface area contributed by atoms with Crippen LogP contribution in [0.4, 0.5) is 0 Å². The normalized spacial score (nSPS) is 14.4. The Balaban J connectivity index is 0.000000181. The van der Waals surface area contributed by atoms with Gasteiger partial charge in [0.2, 0.25) is 0 Å². The standard InChI is InChI=1S/C11H10O.C4H8O/c12-8-10-6-3-5-9-4-1-2-7-11(9)10;1-2-4-5-3-1/h1-7,12H,8H2;1-4H2. The molecule has 1 saturated heterocycles. The molecule has 2 aromatic carbocycles. The first-order chi connectivity index (χ1) is 8.42. The van der Waals surface area contributed by atoms with E-state index in [2.05, 4.69) is 12.1 Å². The lowest BCUT2D eigenvalue weighted by atomic mass is 10.1. The molecular formula is C15H18O2. The first-order valence-corrected chi connectivity index (χ1v) is 6.07. The number of fused-ring (bicyclic) bond motifs is 1. The third-order valence-electron chi connectivity index (χ3n) is 2.88. The number of hydrogen-bond acceptors (Lipinski definition) is 2. The fourth-order valence-electron chi connectivity index (χ4n) is 1.94. The third-order valence-corrected chi connectivity index (χ3v) is 2.88. The van der Waals surface area contributed by atoms with E-state index < -0.39 is 0 Å². The van der Waals surface area contributed by atoms with Crippen LogP contribution < -0.4 is 0 Å². The number of ether oxygens (including phenoxy) is 1. The third kappa shape index (κ3) is 3.29. The summed E-state index contributed by atoms with van der Waals surface area (Å²) < 4.78 is 4.94. The minimum absolute atomic E-state index is 0.112. The molecule has 17 heavy (non-hydrogen) atoms. The Morgan fingerprint density at radius 3 is 2.29 bits per heavy atom. The fourth-order valence-corrected chi connectivity index (χ4v) is 1.94. The van der Waals surface area contributed by atoms with E-state index in [4.69, 9.17) is 9.84 Å². The van der Waals surface area contributed by atoms with E-state index in [1.165, 1.54) is 18.2 Å². The molecule has 1 heterocycles. The van der Waals surface area contributed by atoms with Gasteiger partial charge in [0.25, 0.3) is 0 Å². The van der Waals surface area contributed by atoms with Gasteiger partial charge in [-0.25, -0.2) is 0 Å². The van der Waals surface area contributed by atoms with Gasteiger partial charge in [0.15, 0.2) is 0 Å². The molecule has 3 rings (SSSR count). The Morgan fingerprint density at radius 2 is 1.65 bits per heavy atom. The fraction of sp³-hybridized carbons (Fsp3) is 0.333. The van der Waals surface area contributed by atoms with E-state index in [1.807, 2.05) is 30.3 Å². The monoisotopic (exact) mass is 230 g/mol. The molecule has 1 N–H and O–H groups in total. The lowest BCUT2D eigenvalue weighted by Gasteiger charge is -2.01. The Bertz CT molecular complexity index is 448. The summed E-state index contributed by atoms with van der Waals surface area (Å²) in [5.41, 5.74) is 0.994. The molecule has 0 bridgehead atoms. The summed E-state index contributed by atoms with van der Waals surface area (Å²) in [6.45, 7) is 2.11. The van der Waals surface area contributed by atoms with E-state index in [0.29, 0.717) is 0 Å². The van der Waals surface area contributed by atoms with E-state index in [-0.39, 0.29) is 6.61 Å². The van der Waals surface area contributed by atoms with Crippen molar-refractivity contribution in [3.8, 4) is 0 Å². The van der Waals surface area contributed by atoms with Crippen LogP contribution >= 0.6 is 0 Å². The molecule has 0 spiro atoms. The predicted octanol–water partition coefficient (Wildman–Crippen LogP) is 3.13. The molecule has 0 amide bonds. The molecule has 90 valence electrons. The Labute approximate surface area is 102 Å². The minimum Gasteiger partial charge on any atom is -0.392 e. The molecular weight excluding hydrogens is 212 g/mol. The summed E-state index contributed by atoms with van der Waals surface area (Å²) in [6.07, 6.45) is 2.56. The average Bonchev–Trinajstić information content (AvgIpc) is 2.97. The number of benzene rings is 2. The average molecular weight is 230 g/mol. The maximum absolute atomic E-state index is 9.04. The number of rotatable bonds is 1. The van der Waals surface area contributed by atoms with Crippen molar-refractivity contribution in [3.05, 3.63) is 48.0 Å². The highest BCUT2D eigenvalue weighted by Crippen LogP contribution is 2.17. The lowest BCUT2D eigenvalue weighted by Crippen LogP contribution is -1.84. The van der Waals surface area contributed by atoms with Gasteiger partial charge in [-0.1, -0.05) is 42.5 Å². The second-order valence-corrected chi connectivity index (χ2v) is 4.12. The molecule has 1 fully saturated rings. The van der Waals surface area contributed by atoms with Crippen molar-refractivity contribution in [1.29, 1.82) is 0 Å². The van der Waals surface area contributed by atoms with Gasteiger partial charge in [-0.2, -0.15) is 0 Å². The van der Waals surface area contributed by atoms with Crippen LogP contribution in [0.2, 0.25) is 0 Å². The van der Waals surface area contributed by atoms with Crippen molar-refractivity contribution in [2.75, 3.05) is 13.2 Å². The number of aliphatic hydroxyl groups is 1. The molecule has 1 aliphatic heterocycles. The van der Waals surface area contributed by atoms with Crippen molar-refractivity contribution < 1.29 is 9.84 Å². The van der Waals surface area contributed by atoms with E-state index in [1.54, 1.807) is 0 Å². The number of hydrogen-bond donors (Lipinski definition) is 1. The topological polar surface area (TPSA) is 29.5 Å². The molecule has 0 aliphatic carbocycles. The van der Waals surface area contributed by atoms with Crippen LogP contribution in [0.5, 0.6) is 0 Å². The zero-order valence-electron chi connectivity index (χ0n) is 9.93. The van der Waals surface area contributed by atoms with Crippen LogP contribution in [0.3, 0.4) is 0 Å². The molecule has 2 aromatic rings. The first-order valence-electron chi connectivity index (χ1n) is 6.07. The van der Waals surface area contributed by atoms with E-state index in [9.17, 15) is 0 Å². The largest absolute Gasteiger partial charge is 0.392 e. The maximum Gasteiger partial charge on any atom is 0.0687 e. The van der Waals surface area contributed by atoms with Gasteiger partial charge in [-0.05, 0) is 29.2 Å². The SMILES string of the molecule is C1CCOC1.OCc1cccc2ccccc12. The number of aliphatic hydroxyl groups excluding tert-OH is 1. The van der Waals surface area contributed by atoms with Crippen molar-refractivity contribution in [1.82, 2.24) is 0 Å². The van der Waals surface area contributed by atoms with Crippen LogP contribution in [0.25, 0.3) is 10.8 Å². The molecule has 1 aliphatic rings. The molecule has 0 atom stereocenters. The van der Waals surface area contributed by atoms with Gasteiger partial charge in [-0.3, -0.25) is 0 Å². The van der Waals surface area contributed by atoms with Crippen molar-refractivity contribution in [3.63, 3.8) is 0 Å². The quantitative estimate of drug-likeness (QED) is 0.815. The Hall–Kier alpha value is -1.38. The van der Waals surface area contributed by atoms with Gasteiger partial charge in [0, 0.05) is 13.2 Å². The summed E-state index contributed by atoms with van der Waals surface area (Å²) in [6, 6.07) is 14.0. The second-order valence-electron chi connectivity index (χ2n) is 4.12. The zero-order valence-corrected chi connectivity index (χ0v) is 9.93. The molecule has 0 unspecified atom stereocenters. The highest BCUT2D eigenvalue weighted by atomic mass is 16.5. The Morgan fingerprint density at radius 1 is 0.941 bits per heavy atom. The summed E-state index contributed by atoms with van der Waals surface area (Å²) >= 11 is 0. The highest BCUT2D eigenvalue weighted by Gasteiger charge is 1.96. The van der Waals surface area contributed by atoms with E-state index in [0.717, 1.165) is 24.2 Å². The molecule has 2 nitrogen and oxygen atoms in total. The summed E-state index contributed by atoms with van der Waals surface area (Å²) in [7, 11) is 0. The summed E-state index contributed by atoms with van der Waals surface area (Å²) in [5, 5.41) is 11.4. The summed E-state index contributed by atoms with van der Waals surface area (Å²) in [4.78, 5) is 0. The first kappa shape index (κ1) is 12.1. The van der Waals surface area contributed by atoms with Crippen LogP contribution in [0, 0.1) is 0 Å². The molecule has 0 radical (unpaired) electrons. The highest BCUT2D eigenvalue weighted by molar-refractivity contribution is 5.85. The van der Waals surface area contributed by atoms with Crippen molar-refractivity contribution in [2.24, 2.45) is 0 Å². The Kier molecular flexibility index (Phi) is 4.54. The van der Waals surface area contributed by atoms with Crippen LogP contribution in [0.15, 0.2) is 42.5 Å². The summed E-state index contributed by atoms with van der Waals surface area (Å²) in [5.74, 6) is 0. The van der Waals surface area contributed by atoms with Gasteiger partial charge < -0.3 is 9.84 Å². The zero-order chi connectivity index (χ0) is 11.9. The second kappa shape index (κ2) is 6.38. The van der Waals surface area contributed by atoms with Gasteiger partial charge >= 0.3 is 0 Å². The van der Waals surface area contributed by atoms with Gasteiger partial charge in [0.1, 0.15) is 0 Å². The van der Waals surface area contributed by atoms with Crippen LogP contribution in [0.1, 0.15) is 18.4 Å². The van der Waals surface area contributed by atoms with Gasteiger partial charge in [-0.15, -0.1) is 0 Å². The molecule has 0 saturated carbocycles. The van der Waals surface area contributed by atoms with Crippen LogP contribution in [-0.2, 0) is 11.3 Å². The molecule has 2 heteroatoms. The smallest absolute Gasteiger partial charge is 0.0687 e.